The number of hydrogen-bond acceptors (Lipinski definition) is 8. The van der Waals surface area contributed by atoms with Gasteiger partial charge in [0.2, 0.25) is 0 Å². The molecule has 2 N–H and O–H groups in total. The van der Waals surface area contributed by atoms with Crippen LogP contribution >= 0.6 is 11.8 Å². The second kappa shape index (κ2) is 12.7. The lowest BCUT2D eigenvalue weighted by Crippen LogP contribution is -2.51. The van der Waals surface area contributed by atoms with Gasteiger partial charge >= 0.3 is 11.5 Å². The lowest BCUT2D eigenvalue weighted by molar-refractivity contribution is -0.0328. The Hall–Kier alpha value is -3.86. The van der Waals surface area contributed by atoms with Crippen LogP contribution in [0.25, 0.3) is 32.8 Å². The topological polar surface area (TPSA) is 73.8 Å². The molecule has 3 aromatic carbocycles. The number of hydrogen-bond donors (Lipinski definition) is 2. The number of nitrogens with zero attached hydrogens (tertiary/aromatic N) is 4. The summed E-state index contributed by atoms with van der Waals surface area (Å²) < 4.78 is 81.2. The molecule has 262 valence electrons. The molecule has 2 atom stereocenters. The first-order valence-electron chi connectivity index (χ1n) is 17.1. The van der Waals surface area contributed by atoms with Crippen LogP contribution < -0.4 is 15.0 Å². The SMILES string of the molecule is C#Cc1c(F)ccc2cc(O)cc(-c3c(SC(F)(F)F)cc4c(N5CC6CCC(C5)N6)nc(OCC5(CN6CCCCC6)CC5)nc4c3F)c12. The van der Waals surface area contributed by atoms with Crippen LogP contribution in [-0.4, -0.2) is 76.9 Å². The van der Waals surface area contributed by atoms with Crippen molar-refractivity contribution in [1.29, 1.82) is 0 Å². The van der Waals surface area contributed by atoms with Crippen molar-refractivity contribution in [1.82, 2.24) is 20.2 Å². The van der Waals surface area contributed by atoms with Crippen LogP contribution in [-0.2, 0) is 0 Å². The maximum absolute atomic E-state index is 17.3. The molecule has 2 unspecified atom stereocenters. The number of piperazine rings is 1. The Morgan fingerprint density at radius 1 is 1.04 bits per heavy atom. The van der Waals surface area contributed by atoms with Crippen LogP contribution in [0.15, 0.2) is 35.2 Å². The smallest absolute Gasteiger partial charge is 0.446 e. The number of likely N-dealkylation sites (tertiary alicyclic amines) is 1. The summed E-state index contributed by atoms with van der Waals surface area (Å²) in [5.74, 6) is 0.339. The van der Waals surface area contributed by atoms with Gasteiger partial charge in [-0.25, -0.2) is 8.78 Å². The number of fused-ring (bicyclic) bond motifs is 4. The second-order valence-corrected chi connectivity index (χ2v) is 15.3. The quantitative estimate of drug-likeness (QED) is 0.110. The number of halogens is 5. The van der Waals surface area contributed by atoms with E-state index in [2.05, 4.69) is 21.1 Å². The van der Waals surface area contributed by atoms with E-state index in [0.717, 1.165) is 57.5 Å². The van der Waals surface area contributed by atoms with E-state index < -0.39 is 39.4 Å². The van der Waals surface area contributed by atoms with E-state index in [-0.39, 0.29) is 62.1 Å². The van der Waals surface area contributed by atoms with Crippen LogP contribution in [0.3, 0.4) is 0 Å². The van der Waals surface area contributed by atoms with Crippen LogP contribution in [0, 0.1) is 29.4 Å². The van der Waals surface area contributed by atoms with E-state index >= 15 is 8.78 Å². The van der Waals surface area contributed by atoms with Gasteiger partial charge in [-0.1, -0.05) is 18.4 Å². The van der Waals surface area contributed by atoms with Crippen LogP contribution in [0.1, 0.15) is 50.5 Å². The van der Waals surface area contributed by atoms with Crippen LogP contribution in [0.5, 0.6) is 11.8 Å². The van der Waals surface area contributed by atoms with Gasteiger partial charge in [0.15, 0.2) is 5.82 Å². The number of aromatic nitrogens is 2. The molecule has 1 aromatic heterocycles. The van der Waals surface area contributed by atoms with Crippen molar-refractivity contribution in [2.75, 3.05) is 44.2 Å². The Bertz CT molecular complexity index is 2010. The third kappa shape index (κ3) is 6.42. The third-order valence-electron chi connectivity index (χ3n) is 10.5. The van der Waals surface area contributed by atoms with Gasteiger partial charge in [-0.2, -0.15) is 23.1 Å². The summed E-state index contributed by atoms with van der Waals surface area (Å²) in [6, 6.07) is 6.36. The number of nitrogens with one attached hydrogen (secondary N) is 1. The molecule has 0 radical (unpaired) electrons. The van der Waals surface area contributed by atoms with Gasteiger partial charge in [0.05, 0.1) is 12.2 Å². The van der Waals surface area contributed by atoms with Gasteiger partial charge in [-0.05, 0) is 98.6 Å². The number of thioether (sulfide) groups is 1. The molecule has 0 amide bonds. The molecule has 13 heteroatoms. The number of terminal acetylenes is 1. The molecule has 8 rings (SSSR count). The van der Waals surface area contributed by atoms with E-state index in [1.807, 2.05) is 4.90 Å². The average molecular weight is 710 g/mol. The Kier molecular flexibility index (Phi) is 8.47. The highest BCUT2D eigenvalue weighted by Gasteiger charge is 2.45. The third-order valence-corrected chi connectivity index (χ3v) is 11.3. The maximum atomic E-state index is 17.3. The first kappa shape index (κ1) is 33.3. The second-order valence-electron chi connectivity index (χ2n) is 14.2. The van der Waals surface area contributed by atoms with Crippen molar-refractivity contribution < 1.29 is 31.8 Å². The number of piperidine rings is 1. The van der Waals surface area contributed by atoms with E-state index in [4.69, 9.17) is 16.1 Å². The Labute approximate surface area is 290 Å². The molecule has 4 aliphatic rings. The van der Waals surface area contributed by atoms with Crippen LogP contribution in [0.2, 0.25) is 0 Å². The first-order chi connectivity index (χ1) is 24.0. The zero-order valence-electron chi connectivity index (χ0n) is 27.3. The number of phenolic OH excluding ortho intramolecular Hbond substituents is 1. The summed E-state index contributed by atoms with van der Waals surface area (Å²) in [6.07, 6.45) is 13.1. The van der Waals surface area contributed by atoms with Crippen molar-refractivity contribution in [3.8, 4) is 35.2 Å². The maximum Gasteiger partial charge on any atom is 0.446 e. The molecule has 3 saturated heterocycles. The van der Waals surface area contributed by atoms with Gasteiger partial charge in [0.25, 0.3) is 0 Å². The highest BCUT2D eigenvalue weighted by atomic mass is 32.2. The number of benzene rings is 3. The molecule has 50 heavy (non-hydrogen) atoms. The molecule has 3 aliphatic heterocycles. The zero-order chi connectivity index (χ0) is 34.8. The molecule has 4 aromatic rings. The minimum atomic E-state index is -4.81. The van der Waals surface area contributed by atoms with Crippen molar-refractivity contribution in [2.24, 2.45) is 5.41 Å². The monoisotopic (exact) mass is 709 g/mol. The van der Waals surface area contributed by atoms with Gasteiger partial charge in [-0.3, -0.25) is 0 Å². The molecule has 1 saturated carbocycles. The van der Waals surface area contributed by atoms with Gasteiger partial charge in [0, 0.05) is 58.4 Å². The summed E-state index contributed by atoms with van der Waals surface area (Å²) in [4.78, 5) is 13.2. The fourth-order valence-corrected chi connectivity index (χ4v) is 8.72. The average Bonchev–Trinajstić information content (AvgIpc) is 3.76. The number of aromatic hydroxyl groups is 1. The van der Waals surface area contributed by atoms with Crippen LogP contribution in [0.4, 0.5) is 27.8 Å². The van der Waals surface area contributed by atoms with E-state index in [1.54, 1.807) is 0 Å². The summed E-state index contributed by atoms with van der Waals surface area (Å²) in [7, 11) is 0. The predicted molar refractivity (Wildman–Crippen MR) is 184 cm³/mol. The number of rotatable bonds is 8. The highest BCUT2D eigenvalue weighted by molar-refractivity contribution is 8.00. The Morgan fingerprint density at radius 3 is 2.46 bits per heavy atom. The standard InChI is InChI=1S/C37H36F5N5O2S/c1-2-25-28(38)9-6-21-14-24(48)15-26(30(21)25)31-29(50-37(40,41)42)16-27-33(32(31)39)44-35(45-34(27)47-17-22-7-8-23(18-47)43-22)49-20-36(10-11-36)19-46-12-4-3-5-13-46/h1,6,9,14-16,22-23,43,48H,3-5,7-8,10-13,17-20H2. The van der Waals surface area contributed by atoms with Gasteiger partial charge in [-0.15, -0.1) is 6.42 Å². The summed E-state index contributed by atoms with van der Waals surface area (Å²) >= 11 is -0.495. The molecule has 0 spiro atoms. The minimum Gasteiger partial charge on any atom is -0.508 e. The fourth-order valence-electron chi connectivity index (χ4n) is 8.00. The Morgan fingerprint density at radius 2 is 1.78 bits per heavy atom. The fraction of sp³-hybridized carbons (Fsp3) is 0.459. The molecule has 4 heterocycles. The van der Waals surface area contributed by atoms with E-state index in [9.17, 15) is 18.3 Å². The molecular formula is C37H36F5N5O2S. The Balaban J connectivity index is 1.30. The van der Waals surface area contributed by atoms with Crippen molar-refractivity contribution in [3.05, 3.63) is 47.5 Å². The lowest BCUT2D eigenvalue weighted by Gasteiger charge is -2.34. The summed E-state index contributed by atoms with van der Waals surface area (Å²) in [5.41, 5.74) is -6.04. The zero-order valence-corrected chi connectivity index (χ0v) is 28.1. The van der Waals surface area contributed by atoms with E-state index in [1.165, 1.54) is 37.5 Å². The summed E-state index contributed by atoms with van der Waals surface area (Å²) in [6.45, 7) is 4.39. The van der Waals surface area contributed by atoms with Gasteiger partial charge < -0.3 is 25.0 Å². The largest absolute Gasteiger partial charge is 0.508 e. The number of ether oxygens (including phenoxy) is 1. The van der Waals surface area contributed by atoms with Crippen molar-refractivity contribution in [3.63, 3.8) is 0 Å². The number of phenols is 1. The van der Waals surface area contributed by atoms with Crippen molar-refractivity contribution >= 4 is 39.3 Å². The molecule has 1 aliphatic carbocycles. The number of anilines is 1. The van der Waals surface area contributed by atoms with Gasteiger partial charge in [0.1, 0.15) is 22.9 Å². The normalized spacial score (nSPS) is 21.9. The number of alkyl halides is 3. The minimum absolute atomic E-state index is 0.00500. The first-order valence-corrected chi connectivity index (χ1v) is 17.9. The lowest BCUT2D eigenvalue weighted by atomic mass is 9.93. The highest BCUT2D eigenvalue weighted by Crippen LogP contribution is 2.50. The molecular weight excluding hydrogens is 673 g/mol. The van der Waals surface area contributed by atoms with E-state index in [0.29, 0.717) is 25.5 Å². The molecule has 2 bridgehead atoms. The summed E-state index contributed by atoms with van der Waals surface area (Å²) in [5, 5.41) is 14.6. The molecule has 7 nitrogen and oxygen atoms in total. The van der Waals surface area contributed by atoms with Crippen molar-refractivity contribution in [2.45, 2.75) is 67.4 Å². The predicted octanol–water partition coefficient (Wildman–Crippen LogP) is 7.61. The molecule has 4 fully saturated rings.